The van der Waals surface area contributed by atoms with Gasteiger partial charge in [0.1, 0.15) is 5.60 Å². The summed E-state index contributed by atoms with van der Waals surface area (Å²) in [4.78, 5) is 20.8. The molecule has 0 spiro atoms. The third kappa shape index (κ3) is 11.4. The van der Waals surface area contributed by atoms with Crippen LogP contribution < -0.4 is 16.0 Å². The molecule has 9 nitrogen and oxygen atoms in total. The van der Waals surface area contributed by atoms with Gasteiger partial charge in [-0.15, -0.1) is 24.0 Å². The number of hydrogen-bond donors (Lipinski definition) is 3. The van der Waals surface area contributed by atoms with E-state index in [9.17, 15) is 4.79 Å². The number of nitrogens with zero attached hydrogens (tertiary/aromatic N) is 3. The number of guanidine groups is 1. The number of anilines is 1. The number of halogens is 1. The van der Waals surface area contributed by atoms with Gasteiger partial charge in [0.2, 0.25) is 5.89 Å². The van der Waals surface area contributed by atoms with Crippen LogP contribution in [0, 0.1) is 0 Å². The summed E-state index contributed by atoms with van der Waals surface area (Å²) in [5.74, 6) is 2.33. The van der Waals surface area contributed by atoms with Gasteiger partial charge < -0.3 is 19.9 Å². The summed E-state index contributed by atoms with van der Waals surface area (Å²) in [6, 6.07) is 7.71. The van der Waals surface area contributed by atoms with Crippen LogP contribution in [-0.2, 0) is 17.6 Å². The van der Waals surface area contributed by atoms with Crippen molar-refractivity contribution in [3.05, 3.63) is 41.5 Å². The molecule has 0 atom stereocenters. The molecule has 10 heteroatoms. The molecule has 0 saturated heterocycles. The number of ether oxygens (including phenoxy) is 1. The van der Waals surface area contributed by atoms with Gasteiger partial charge in [0.15, 0.2) is 11.8 Å². The van der Waals surface area contributed by atoms with Gasteiger partial charge in [-0.25, -0.2) is 4.79 Å². The molecule has 2 rings (SSSR count). The molecule has 0 fully saturated rings. The van der Waals surface area contributed by atoms with E-state index in [4.69, 9.17) is 9.26 Å². The predicted molar refractivity (Wildman–Crippen MR) is 141 cm³/mol. The highest BCUT2D eigenvalue weighted by Crippen LogP contribution is 2.13. The van der Waals surface area contributed by atoms with E-state index in [0.717, 1.165) is 36.9 Å². The summed E-state index contributed by atoms with van der Waals surface area (Å²) in [6.07, 6.45) is 0.959. The van der Waals surface area contributed by atoms with E-state index >= 15 is 0 Å². The van der Waals surface area contributed by atoms with Crippen LogP contribution in [0.1, 0.15) is 64.7 Å². The van der Waals surface area contributed by atoms with Gasteiger partial charge in [0.25, 0.3) is 0 Å². The molecule has 3 N–H and O–H groups in total. The molecule has 1 aromatic carbocycles. The monoisotopic (exact) mass is 572 g/mol. The SMILES string of the molecule is CCNC(=NCCc1nc(C(C)C)no1)NCCc1ccc(NC(=O)OC(C)(C)C)cc1.I. The molecule has 33 heavy (non-hydrogen) atoms. The minimum absolute atomic E-state index is 0. The molecule has 0 unspecified atom stereocenters. The van der Waals surface area contributed by atoms with Crippen molar-refractivity contribution in [3.63, 3.8) is 0 Å². The number of rotatable bonds is 9. The quantitative estimate of drug-likeness (QED) is 0.230. The number of aromatic nitrogens is 2. The lowest BCUT2D eigenvalue weighted by Gasteiger charge is -2.19. The Morgan fingerprint density at radius 1 is 1.15 bits per heavy atom. The fourth-order valence-corrected chi connectivity index (χ4v) is 2.71. The summed E-state index contributed by atoms with van der Waals surface area (Å²) in [5, 5.41) is 13.3. The molecule has 0 aliphatic heterocycles. The Labute approximate surface area is 213 Å². The number of amides is 1. The standard InChI is InChI=1S/C23H36N6O3.HI/c1-7-24-21(26-15-13-19-28-20(16(2)3)29-32-19)25-14-12-17-8-10-18(11-9-17)27-22(30)31-23(4,5)6;/h8-11,16H,7,12-15H2,1-6H3,(H,27,30)(H2,24,25,26);1H. The molecule has 1 amide bonds. The maximum Gasteiger partial charge on any atom is 0.412 e. The summed E-state index contributed by atoms with van der Waals surface area (Å²) >= 11 is 0. The minimum Gasteiger partial charge on any atom is -0.444 e. The Morgan fingerprint density at radius 3 is 2.42 bits per heavy atom. The number of carbonyl (C=O) groups is 1. The number of nitrogens with one attached hydrogen (secondary N) is 3. The van der Waals surface area contributed by atoms with E-state index < -0.39 is 11.7 Å². The van der Waals surface area contributed by atoms with Crippen LogP contribution in [0.25, 0.3) is 0 Å². The lowest BCUT2D eigenvalue weighted by atomic mass is 10.1. The second-order valence-electron chi connectivity index (χ2n) is 8.71. The van der Waals surface area contributed by atoms with Crippen LogP contribution in [-0.4, -0.2) is 47.4 Å². The molecule has 184 valence electrons. The minimum atomic E-state index is -0.524. The molecule has 1 aromatic heterocycles. The Balaban J connectivity index is 0.00000544. The fourth-order valence-electron chi connectivity index (χ4n) is 2.71. The van der Waals surface area contributed by atoms with Crippen LogP contribution in [0.2, 0.25) is 0 Å². The average molecular weight is 572 g/mol. The van der Waals surface area contributed by atoms with E-state index in [1.165, 1.54) is 0 Å². The number of carbonyl (C=O) groups excluding carboxylic acids is 1. The molecule has 0 aliphatic carbocycles. The Hall–Kier alpha value is -2.37. The van der Waals surface area contributed by atoms with Crippen LogP contribution in [0.5, 0.6) is 0 Å². The van der Waals surface area contributed by atoms with Gasteiger partial charge in [0.05, 0.1) is 6.54 Å². The van der Waals surface area contributed by atoms with Crippen LogP contribution in [0.4, 0.5) is 10.5 Å². The lowest BCUT2D eigenvalue weighted by Crippen LogP contribution is -2.38. The molecule has 0 aliphatic rings. The highest BCUT2D eigenvalue weighted by molar-refractivity contribution is 14.0. The molecule has 0 radical (unpaired) electrons. The Morgan fingerprint density at radius 2 is 1.85 bits per heavy atom. The molecule has 1 heterocycles. The van der Waals surface area contributed by atoms with E-state index in [-0.39, 0.29) is 29.9 Å². The first kappa shape index (κ1) is 28.7. The third-order valence-electron chi connectivity index (χ3n) is 4.25. The fraction of sp³-hybridized carbons (Fsp3) is 0.565. The molecular weight excluding hydrogens is 535 g/mol. The van der Waals surface area contributed by atoms with Crippen molar-refractivity contribution in [2.75, 3.05) is 25.0 Å². The first-order valence-corrected chi connectivity index (χ1v) is 11.1. The van der Waals surface area contributed by atoms with Crippen LogP contribution >= 0.6 is 24.0 Å². The van der Waals surface area contributed by atoms with E-state index in [1.807, 2.05) is 65.8 Å². The van der Waals surface area contributed by atoms with Gasteiger partial charge in [-0.2, -0.15) is 4.98 Å². The van der Waals surface area contributed by atoms with Gasteiger partial charge in [-0.05, 0) is 51.8 Å². The molecular formula is C23H37IN6O3. The Bertz CT molecular complexity index is 875. The Kier molecular flexibility index (Phi) is 12.2. The van der Waals surface area contributed by atoms with Crippen molar-refractivity contribution < 1.29 is 14.1 Å². The molecule has 0 bridgehead atoms. The van der Waals surface area contributed by atoms with Crippen molar-refractivity contribution in [2.45, 2.75) is 65.9 Å². The smallest absolute Gasteiger partial charge is 0.412 e. The largest absolute Gasteiger partial charge is 0.444 e. The topological polar surface area (TPSA) is 114 Å². The van der Waals surface area contributed by atoms with Crippen LogP contribution in [0.3, 0.4) is 0 Å². The molecule has 0 saturated carbocycles. The van der Waals surface area contributed by atoms with E-state index in [2.05, 4.69) is 31.1 Å². The highest BCUT2D eigenvalue weighted by atomic mass is 127. The second kappa shape index (κ2) is 14.0. The first-order chi connectivity index (χ1) is 15.2. The van der Waals surface area contributed by atoms with Crippen molar-refractivity contribution in [1.29, 1.82) is 0 Å². The van der Waals surface area contributed by atoms with E-state index in [0.29, 0.717) is 24.5 Å². The maximum absolute atomic E-state index is 11.9. The van der Waals surface area contributed by atoms with Crippen molar-refractivity contribution in [3.8, 4) is 0 Å². The summed E-state index contributed by atoms with van der Waals surface area (Å²) < 4.78 is 10.5. The second-order valence-corrected chi connectivity index (χ2v) is 8.71. The normalized spacial score (nSPS) is 11.7. The third-order valence-corrected chi connectivity index (χ3v) is 4.25. The zero-order chi connectivity index (χ0) is 23.6. The van der Waals surface area contributed by atoms with Gasteiger partial charge >= 0.3 is 6.09 Å². The lowest BCUT2D eigenvalue weighted by molar-refractivity contribution is 0.0636. The predicted octanol–water partition coefficient (Wildman–Crippen LogP) is 4.50. The number of aliphatic imine (C=N–C) groups is 1. The summed E-state index contributed by atoms with van der Waals surface area (Å²) in [5.41, 5.74) is 1.33. The van der Waals surface area contributed by atoms with Crippen molar-refractivity contribution >= 4 is 41.7 Å². The summed E-state index contributed by atoms with van der Waals surface area (Å²) in [7, 11) is 0. The van der Waals surface area contributed by atoms with Gasteiger partial charge in [-0.3, -0.25) is 10.3 Å². The number of benzene rings is 1. The molecule has 2 aromatic rings. The highest BCUT2D eigenvalue weighted by Gasteiger charge is 2.16. The van der Waals surface area contributed by atoms with Gasteiger partial charge in [-0.1, -0.05) is 31.1 Å². The van der Waals surface area contributed by atoms with Crippen molar-refractivity contribution in [1.82, 2.24) is 20.8 Å². The zero-order valence-corrected chi connectivity index (χ0v) is 22.7. The number of hydrogen-bond acceptors (Lipinski definition) is 6. The average Bonchev–Trinajstić information content (AvgIpc) is 3.17. The zero-order valence-electron chi connectivity index (χ0n) is 20.4. The first-order valence-electron chi connectivity index (χ1n) is 11.1. The summed E-state index contributed by atoms with van der Waals surface area (Å²) in [6.45, 7) is 13.7. The maximum atomic E-state index is 11.9. The van der Waals surface area contributed by atoms with Crippen LogP contribution in [0.15, 0.2) is 33.8 Å². The van der Waals surface area contributed by atoms with Crippen molar-refractivity contribution in [2.24, 2.45) is 4.99 Å². The van der Waals surface area contributed by atoms with E-state index in [1.54, 1.807) is 0 Å². The van der Waals surface area contributed by atoms with Gasteiger partial charge in [0, 0.05) is 31.1 Å².